The molecular weight excluding hydrogens is 312 g/mol. The summed E-state index contributed by atoms with van der Waals surface area (Å²) in [6, 6.07) is 16.0. The number of hydrogen-bond donors (Lipinski definition) is 2. The molecule has 0 saturated heterocycles. The van der Waals surface area contributed by atoms with Crippen LogP contribution in [0.3, 0.4) is 0 Å². The van der Waals surface area contributed by atoms with E-state index < -0.39 is 0 Å². The second-order valence-corrected chi connectivity index (χ2v) is 5.46. The van der Waals surface area contributed by atoms with Crippen molar-refractivity contribution in [2.75, 3.05) is 0 Å². The molecule has 0 radical (unpaired) electrons. The van der Waals surface area contributed by atoms with E-state index >= 15 is 0 Å². The number of hydrazine groups is 1. The molecule has 2 aromatic carbocycles. The van der Waals surface area contributed by atoms with E-state index in [1.165, 1.54) is 0 Å². The van der Waals surface area contributed by atoms with Crippen LogP contribution in [0, 0.1) is 0 Å². The molecule has 2 aromatic rings. The largest absolute Gasteiger partial charge is 0.271 e. The highest BCUT2D eigenvalue weighted by atomic mass is 79.9. The maximum absolute atomic E-state index is 5.98. The lowest BCUT2D eigenvalue weighted by Crippen LogP contribution is -2.29. The van der Waals surface area contributed by atoms with Gasteiger partial charge in [0.2, 0.25) is 0 Å². The van der Waals surface area contributed by atoms with Gasteiger partial charge in [0.1, 0.15) is 0 Å². The summed E-state index contributed by atoms with van der Waals surface area (Å²) < 4.78 is 1.05. The van der Waals surface area contributed by atoms with Gasteiger partial charge in [-0.25, -0.2) is 0 Å². The Morgan fingerprint density at radius 2 is 1.94 bits per heavy atom. The average Bonchev–Trinajstić information content (AvgIpc) is 2.36. The fourth-order valence-electron chi connectivity index (χ4n) is 1.90. The molecule has 18 heavy (non-hydrogen) atoms. The van der Waals surface area contributed by atoms with Crippen molar-refractivity contribution >= 4 is 27.5 Å². The maximum Gasteiger partial charge on any atom is 0.0500 e. The minimum atomic E-state index is 0.0703. The zero-order chi connectivity index (χ0) is 13.0. The summed E-state index contributed by atoms with van der Waals surface area (Å²) in [5.74, 6) is 5.64. The summed E-state index contributed by atoms with van der Waals surface area (Å²) in [6.07, 6.45) is 0.799. The molecule has 2 rings (SSSR count). The first-order valence-corrected chi connectivity index (χ1v) is 6.82. The number of rotatable bonds is 4. The summed E-state index contributed by atoms with van der Waals surface area (Å²) in [5.41, 5.74) is 5.15. The fraction of sp³-hybridized carbons (Fsp3) is 0.143. The smallest absolute Gasteiger partial charge is 0.0500 e. The lowest BCUT2D eigenvalue weighted by atomic mass is 9.99. The molecule has 1 atom stereocenters. The minimum absolute atomic E-state index is 0.0703. The van der Waals surface area contributed by atoms with Crippen molar-refractivity contribution in [1.82, 2.24) is 5.43 Å². The van der Waals surface area contributed by atoms with Gasteiger partial charge in [-0.15, -0.1) is 0 Å². The van der Waals surface area contributed by atoms with E-state index in [0.29, 0.717) is 0 Å². The minimum Gasteiger partial charge on any atom is -0.271 e. The second-order valence-electron chi connectivity index (χ2n) is 4.11. The first kappa shape index (κ1) is 13.6. The summed E-state index contributed by atoms with van der Waals surface area (Å²) in [7, 11) is 0. The predicted octanol–water partition coefficient (Wildman–Crippen LogP) is 3.85. The van der Waals surface area contributed by atoms with Gasteiger partial charge in [-0.1, -0.05) is 51.8 Å². The van der Waals surface area contributed by atoms with Crippen molar-refractivity contribution in [3.05, 3.63) is 69.2 Å². The lowest BCUT2D eigenvalue weighted by Gasteiger charge is -2.17. The van der Waals surface area contributed by atoms with Crippen LogP contribution in [-0.2, 0) is 6.42 Å². The van der Waals surface area contributed by atoms with Crippen LogP contribution in [0.2, 0.25) is 5.02 Å². The van der Waals surface area contributed by atoms with E-state index in [0.717, 1.165) is 27.0 Å². The maximum atomic E-state index is 5.98. The van der Waals surface area contributed by atoms with E-state index in [4.69, 9.17) is 17.4 Å². The van der Waals surface area contributed by atoms with Gasteiger partial charge >= 0.3 is 0 Å². The Balaban J connectivity index is 2.19. The molecule has 0 amide bonds. The molecule has 0 fully saturated rings. The van der Waals surface area contributed by atoms with E-state index in [9.17, 15) is 0 Å². The third-order valence-corrected chi connectivity index (χ3v) is 3.51. The highest BCUT2D eigenvalue weighted by Crippen LogP contribution is 2.22. The SMILES string of the molecule is NNC(Cc1cccc(Cl)c1)c1cccc(Br)c1. The third-order valence-electron chi connectivity index (χ3n) is 2.78. The Kier molecular flexibility index (Phi) is 4.78. The molecule has 4 heteroatoms. The molecule has 0 saturated carbocycles. The van der Waals surface area contributed by atoms with E-state index in [1.54, 1.807) is 0 Å². The first-order chi connectivity index (χ1) is 8.69. The molecular formula is C14H14BrClN2. The standard InChI is InChI=1S/C14H14BrClN2/c15-12-5-2-4-11(9-12)14(18-17)8-10-3-1-6-13(16)7-10/h1-7,9,14,18H,8,17H2. The number of nitrogens with one attached hydrogen (secondary N) is 1. The zero-order valence-corrected chi connectivity index (χ0v) is 12.1. The summed E-state index contributed by atoms with van der Waals surface area (Å²) in [5, 5.41) is 0.748. The quantitative estimate of drug-likeness (QED) is 0.662. The van der Waals surface area contributed by atoms with Crippen LogP contribution in [0.15, 0.2) is 53.0 Å². The molecule has 0 spiro atoms. The normalized spacial score (nSPS) is 12.4. The number of nitrogens with two attached hydrogens (primary N) is 1. The van der Waals surface area contributed by atoms with Crippen molar-refractivity contribution in [3.8, 4) is 0 Å². The van der Waals surface area contributed by atoms with Crippen LogP contribution in [0.1, 0.15) is 17.2 Å². The molecule has 94 valence electrons. The van der Waals surface area contributed by atoms with Crippen LogP contribution in [-0.4, -0.2) is 0 Å². The molecule has 1 unspecified atom stereocenters. The van der Waals surface area contributed by atoms with Crippen molar-refractivity contribution < 1.29 is 0 Å². The topological polar surface area (TPSA) is 38.0 Å². The zero-order valence-electron chi connectivity index (χ0n) is 9.74. The highest BCUT2D eigenvalue weighted by Gasteiger charge is 2.10. The van der Waals surface area contributed by atoms with E-state index in [2.05, 4.69) is 33.5 Å². The van der Waals surface area contributed by atoms with Gasteiger partial charge in [0.25, 0.3) is 0 Å². The van der Waals surface area contributed by atoms with Gasteiger partial charge in [0.15, 0.2) is 0 Å². The van der Waals surface area contributed by atoms with Crippen molar-refractivity contribution in [2.24, 2.45) is 5.84 Å². The van der Waals surface area contributed by atoms with Gasteiger partial charge in [-0.3, -0.25) is 11.3 Å². The van der Waals surface area contributed by atoms with Gasteiger partial charge in [-0.05, 0) is 41.8 Å². The van der Waals surface area contributed by atoms with Crippen LogP contribution in [0.4, 0.5) is 0 Å². The first-order valence-electron chi connectivity index (χ1n) is 5.65. The van der Waals surface area contributed by atoms with Crippen molar-refractivity contribution in [1.29, 1.82) is 0 Å². The summed E-state index contributed by atoms with van der Waals surface area (Å²) in [6.45, 7) is 0. The third kappa shape index (κ3) is 3.56. The Morgan fingerprint density at radius 3 is 2.61 bits per heavy atom. The summed E-state index contributed by atoms with van der Waals surface area (Å²) in [4.78, 5) is 0. The van der Waals surface area contributed by atoms with Crippen molar-refractivity contribution in [2.45, 2.75) is 12.5 Å². The Labute approximate surface area is 120 Å². The highest BCUT2D eigenvalue weighted by molar-refractivity contribution is 9.10. The molecule has 0 aliphatic heterocycles. The van der Waals surface area contributed by atoms with Gasteiger partial charge < -0.3 is 0 Å². The van der Waals surface area contributed by atoms with Gasteiger partial charge in [-0.2, -0.15) is 0 Å². The Morgan fingerprint density at radius 1 is 1.17 bits per heavy atom. The van der Waals surface area contributed by atoms with Crippen molar-refractivity contribution in [3.63, 3.8) is 0 Å². The number of benzene rings is 2. The molecule has 0 aromatic heterocycles. The van der Waals surface area contributed by atoms with Crippen LogP contribution in [0.5, 0.6) is 0 Å². The predicted molar refractivity (Wildman–Crippen MR) is 79.4 cm³/mol. The molecule has 0 bridgehead atoms. The van der Waals surface area contributed by atoms with Crippen LogP contribution < -0.4 is 11.3 Å². The number of halogens is 2. The van der Waals surface area contributed by atoms with Crippen LogP contribution in [0.25, 0.3) is 0 Å². The molecule has 0 aliphatic carbocycles. The second kappa shape index (κ2) is 6.34. The average molecular weight is 326 g/mol. The molecule has 0 aliphatic rings. The fourth-order valence-corrected chi connectivity index (χ4v) is 2.53. The van der Waals surface area contributed by atoms with Gasteiger partial charge in [0, 0.05) is 9.50 Å². The van der Waals surface area contributed by atoms with Gasteiger partial charge in [0.05, 0.1) is 6.04 Å². The van der Waals surface area contributed by atoms with E-state index in [1.807, 2.05) is 36.4 Å². The Bertz CT molecular complexity index is 531. The molecule has 0 heterocycles. The summed E-state index contributed by atoms with van der Waals surface area (Å²) >= 11 is 9.45. The Hall–Kier alpha value is -0.870. The van der Waals surface area contributed by atoms with E-state index in [-0.39, 0.29) is 6.04 Å². The van der Waals surface area contributed by atoms with Crippen LogP contribution >= 0.6 is 27.5 Å². The lowest BCUT2D eigenvalue weighted by molar-refractivity contribution is 0.552. The number of hydrogen-bond acceptors (Lipinski definition) is 2. The molecule has 3 N–H and O–H groups in total. The monoisotopic (exact) mass is 324 g/mol. The molecule has 2 nitrogen and oxygen atoms in total.